The van der Waals surface area contributed by atoms with Gasteiger partial charge in [-0.2, -0.15) is 0 Å². The van der Waals surface area contributed by atoms with Crippen LogP contribution >= 0.6 is 0 Å². The minimum atomic E-state index is -0.737. The van der Waals surface area contributed by atoms with E-state index in [1.165, 1.54) is 0 Å². The van der Waals surface area contributed by atoms with Gasteiger partial charge in [0, 0.05) is 6.42 Å². The Morgan fingerprint density at radius 3 is 2.20 bits per heavy atom. The summed E-state index contributed by atoms with van der Waals surface area (Å²) in [7, 11) is 0. The van der Waals surface area contributed by atoms with E-state index in [1.54, 1.807) is 0 Å². The highest BCUT2D eigenvalue weighted by molar-refractivity contribution is 4.83. The first-order chi connectivity index (χ1) is 4.61. The van der Waals surface area contributed by atoms with Gasteiger partial charge in [0.25, 0.3) is 0 Å². The second kappa shape index (κ2) is 2.86. The second-order valence-corrected chi connectivity index (χ2v) is 3.16. The summed E-state index contributed by atoms with van der Waals surface area (Å²) < 4.78 is 0. The van der Waals surface area contributed by atoms with Crippen LogP contribution in [0.2, 0.25) is 0 Å². The monoisotopic (exact) mass is 146 g/mol. The van der Waals surface area contributed by atoms with E-state index in [2.05, 4.69) is 0 Å². The molecule has 0 aromatic carbocycles. The second-order valence-electron chi connectivity index (χ2n) is 3.16. The van der Waals surface area contributed by atoms with Gasteiger partial charge in [-0.1, -0.05) is 6.92 Å². The number of hydrogen-bond acceptors (Lipinski definition) is 3. The maximum atomic E-state index is 9.20. The standard InChI is InChI=1S/C7H14O3/c1-4-2-5(8)3-6(9)7(4)10/h4-10H,2-3H2,1H3/t4-,5-,6-,7+/m0/s1. The fourth-order valence-corrected chi connectivity index (χ4v) is 1.46. The van der Waals surface area contributed by atoms with Crippen molar-refractivity contribution in [1.29, 1.82) is 0 Å². The Bertz CT molecular complexity index is 103. The van der Waals surface area contributed by atoms with Gasteiger partial charge in [-0.15, -0.1) is 0 Å². The third-order valence-corrected chi connectivity index (χ3v) is 2.13. The molecule has 1 fully saturated rings. The van der Waals surface area contributed by atoms with E-state index < -0.39 is 18.3 Å². The van der Waals surface area contributed by atoms with Crippen molar-refractivity contribution >= 4 is 0 Å². The third kappa shape index (κ3) is 1.48. The summed E-state index contributed by atoms with van der Waals surface area (Å²) in [5, 5.41) is 27.4. The van der Waals surface area contributed by atoms with Crippen molar-refractivity contribution in [1.82, 2.24) is 0 Å². The Morgan fingerprint density at radius 2 is 1.70 bits per heavy atom. The molecule has 0 radical (unpaired) electrons. The summed E-state index contributed by atoms with van der Waals surface area (Å²) in [4.78, 5) is 0. The van der Waals surface area contributed by atoms with Gasteiger partial charge >= 0.3 is 0 Å². The van der Waals surface area contributed by atoms with Crippen molar-refractivity contribution in [3.8, 4) is 0 Å². The summed E-state index contributed by atoms with van der Waals surface area (Å²) in [5.74, 6) is 0.0127. The van der Waals surface area contributed by atoms with Crippen LogP contribution < -0.4 is 0 Å². The molecular formula is C7H14O3. The molecule has 0 aromatic rings. The van der Waals surface area contributed by atoms with Crippen LogP contribution in [0.4, 0.5) is 0 Å². The molecule has 1 rings (SSSR count). The lowest BCUT2D eigenvalue weighted by molar-refractivity contribution is -0.0782. The van der Waals surface area contributed by atoms with Gasteiger partial charge in [-0.25, -0.2) is 0 Å². The molecule has 0 aliphatic heterocycles. The van der Waals surface area contributed by atoms with Crippen LogP contribution in [0.1, 0.15) is 19.8 Å². The van der Waals surface area contributed by atoms with Gasteiger partial charge in [0.05, 0.1) is 18.3 Å². The molecule has 0 saturated heterocycles. The lowest BCUT2D eigenvalue weighted by Crippen LogP contribution is -2.41. The molecule has 0 unspecified atom stereocenters. The minimum absolute atomic E-state index is 0.0127. The largest absolute Gasteiger partial charge is 0.393 e. The minimum Gasteiger partial charge on any atom is -0.393 e. The average Bonchev–Trinajstić information content (AvgIpc) is 1.82. The van der Waals surface area contributed by atoms with E-state index in [-0.39, 0.29) is 5.92 Å². The summed E-state index contributed by atoms with van der Waals surface area (Å²) >= 11 is 0. The third-order valence-electron chi connectivity index (χ3n) is 2.13. The summed E-state index contributed by atoms with van der Waals surface area (Å²) in [6, 6.07) is 0. The van der Waals surface area contributed by atoms with Crippen molar-refractivity contribution in [2.24, 2.45) is 5.92 Å². The number of rotatable bonds is 0. The summed E-state index contributed by atoms with van der Waals surface area (Å²) in [6.45, 7) is 1.83. The Labute approximate surface area is 60.3 Å². The average molecular weight is 146 g/mol. The van der Waals surface area contributed by atoms with E-state index in [1.807, 2.05) is 6.92 Å². The molecule has 0 bridgehead atoms. The first-order valence-corrected chi connectivity index (χ1v) is 3.65. The lowest BCUT2D eigenvalue weighted by Gasteiger charge is -2.32. The maximum Gasteiger partial charge on any atom is 0.0826 e. The van der Waals surface area contributed by atoms with Crippen LogP contribution in [0.25, 0.3) is 0 Å². The smallest absolute Gasteiger partial charge is 0.0826 e. The van der Waals surface area contributed by atoms with Gasteiger partial charge in [-0.05, 0) is 12.3 Å². The zero-order valence-electron chi connectivity index (χ0n) is 6.07. The molecule has 10 heavy (non-hydrogen) atoms. The molecule has 1 aliphatic carbocycles. The summed E-state index contributed by atoms with van der Waals surface area (Å²) in [5.41, 5.74) is 0. The Kier molecular flexibility index (Phi) is 2.28. The molecule has 1 aliphatic rings. The predicted octanol–water partition coefficient (Wildman–Crippen LogP) is -0.501. The van der Waals surface area contributed by atoms with Crippen LogP contribution in [0.3, 0.4) is 0 Å². The highest BCUT2D eigenvalue weighted by Crippen LogP contribution is 2.24. The molecule has 0 heterocycles. The molecular weight excluding hydrogens is 132 g/mol. The van der Waals surface area contributed by atoms with Gasteiger partial charge in [0.2, 0.25) is 0 Å². The molecule has 60 valence electrons. The fourth-order valence-electron chi connectivity index (χ4n) is 1.46. The normalized spacial score (nSPS) is 49.2. The first kappa shape index (κ1) is 7.98. The zero-order valence-corrected chi connectivity index (χ0v) is 6.07. The molecule has 0 spiro atoms. The van der Waals surface area contributed by atoms with Crippen LogP contribution in [-0.2, 0) is 0 Å². The Balaban J connectivity index is 2.49. The van der Waals surface area contributed by atoms with Crippen molar-refractivity contribution < 1.29 is 15.3 Å². The van der Waals surface area contributed by atoms with Crippen molar-refractivity contribution in [3.63, 3.8) is 0 Å². The topological polar surface area (TPSA) is 60.7 Å². The van der Waals surface area contributed by atoms with Crippen molar-refractivity contribution in [2.75, 3.05) is 0 Å². The lowest BCUT2D eigenvalue weighted by atomic mass is 9.84. The number of aliphatic hydroxyl groups excluding tert-OH is 3. The van der Waals surface area contributed by atoms with Gasteiger partial charge in [-0.3, -0.25) is 0 Å². The van der Waals surface area contributed by atoms with Crippen LogP contribution in [0, 0.1) is 5.92 Å². The predicted molar refractivity (Wildman–Crippen MR) is 36.4 cm³/mol. The summed E-state index contributed by atoms with van der Waals surface area (Å²) in [6.07, 6.45) is -0.917. The van der Waals surface area contributed by atoms with Crippen LogP contribution in [0.5, 0.6) is 0 Å². The van der Waals surface area contributed by atoms with Crippen molar-refractivity contribution in [2.45, 2.75) is 38.1 Å². The molecule has 1 saturated carbocycles. The van der Waals surface area contributed by atoms with Crippen LogP contribution in [0.15, 0.2) is 0 Å². The van der Waals surface area contributed by atoms with Crippen LogP contribution in [-0.4, -0.2) is 33.6 Å². The Morgan fingerprint density at radius 1 is 1.10 bits per heavy atom. The van der Waals surface area contributed by atoms with Gasteiger partial charge in [0.1, 0.15) is 0 Å². The van der Waals surface area contributed by atoms with Crippen molar-refractivity contribution in [3.05, 3.63) is 0 Å². The number of hydrogen-bond donors (Lipinski definition) is 3. The fraction of sp³-hybridized carbons (Fsp3) is 1.00. The first-order valence-electron chi connectivity index (χ1n) is 3.65. The van der Waals surface area contributed by atoms with Gasteiger partial charge < -0.3 is 15.3 Å². The molecule has 3 N–H and O–H groups in total. The molecule has 0 aromatic heterocycles. The molecule has 0 amide bonds. The zero-order chi connectivity index (χ0) is 7.72. The highest BCUT2D eigenvalue weighted by atomic mass is 16.3. The molecule has 4 atom stereocenters. The van der Waals surface area contributed by atoms with Gasteiger partial charge in [0.15, 0.2) is 0 Å². The van der Waals surface area contributed by atoms with E-state index >= 15 is 0 Å². The van der Waals surface area contributed by atoms with E-state index in [4.69, 9.17) is 10.2 Å². The molecule has 3 nitrogen and oxygen atoms in total. The SMILES string of the molecule is C[C@H]1C[C@H](O)C[C@H](O)[C@@H]1O. The Hall–Kier alpha value is -0.120. The van der Waals surface area contributed by atoms with E-state index in [0.717, 1.165) is 0 Å². The number of aliphatic hydroxyl groups is 3. The molecule has 3 heteroatoms. The van der Waals surface area contributed by atoms with E-state index in [9.17, 15) is 5.11 Å². The maximum absolute atomic E-state index is 9.20. The quantitative estimate of drug-likeness (QED) is 0.431. The highest BCUT2D eigenvalue weighted by Gasteiger charge is 2.31. The van der Waals surface area contributed by atoms with E-state index in [0.29, 0.717) is 12.8 Å².